The monoisotopic (exact) mass is 336 g/mol. The minimum absolute atomic E-state index is 0.154. The number of carbonyl (C=O) groups is 1. The van der Waals surface area contributed by atoms with Crippen LogP contribution in [0.5, 0.6) is 5.75 Å². The van der Waals surface area contributed by atoms with Crippen LogP contribution < -0.4 is 5.32 Å². The summed E-state index contributed by atoms with van der Waals surface area (Å²) in [6.07, 6.45) is 3.88. The maximum atomic E-state index is 12.1. The number of nitrogens with one attached hydrogen (secondary N) is 1. The molecule has 0 atom stereocenters. The zero-order valence-corrected chi connectivity index (χ0v) is 13.9. The van der Waals surface area contributed by atoms with E-state index in [1.54, 1.807) is 24.3 Å². The Morgan fingerprint density at radius 2 is 1.83 bits per heavy atom. The summed E-state index contributed by atoms with van der Waals surface area (Å²) in [5.41, 5.74) is 2.76. The number of amidine groups is 1. The number of benzene rings is 2. The second-order valence-electron chi connectivity index (χ2n) is 5.30. The summed E-state index contributed by atoms with van der Waals surface area (Å²) in [6.45, 7) is 1.96. The average molecular weight is 336 g/mol. The summed E-state index contributed by atoms with van der Waals surface area (Å²) in [4.78, 5) is 17.0. The van der Waals surface area contributed by atoms with Crippen molar-refractivity contribution in [2.45, 2.75) is 6.92 Å². The Morgan fingerprint density at radius 3 is 2.54 bits per heavy atom. The van der Waals surface area contributed by atoms with Crippen LogP contribution >= 0.6 is 11.8 Å². The van der Waals surface area contributed by atoms with E-state index in [1.807, 2.05) is 49.4 Å². The van der Waals surface area contributed by atoms with Gasteiger partial charge in [0.15, 0.2) is 5.17 Å². The van der Waals surface area contributed by atoms with Gasteiger partial charge in [-0.3, -0.25) is 4.79 Å². The molecule has 2 aromatic carbocycles. The van der Waals surface area contributed by atoms with Crippen molar-refractivity contribution >= 4 is 34.6 Å². The maximum Gasteiger partial charge on any atom is 0.264 e. The van der Waals surface area contributed by atoms with Crippen LogP contribution in [0.1, 0.15) is 12.5 Å². The molecule has 1 amide bonds. The van der Waals surface area contributed by atoms with Crippen LogP contribution in [0.2, 0.25) is 0 Å². The molecule has 1 aliphatic rings. The second kappa shape index (κ2) is 7.19. The summed E-state index contributed by atoms with van der Waals surface area (Å²) in [5.74, 6) is 0.0302. The third kappa shape index (κ3) is 4.14. The summed E-state index contributed by atoms with van der Waals surface area (Å²) in [6, 6.07) is 16.5. The molecular weight excluding hydrogens is 320 g/mol. The lowest BCUT2D eigenvalue weighted by molar-refractivity contribution is -0.115. The molecule has 2 aromatic rings. The minimum Gasteiger partial charge on any atom is -0.508 e. The summed E-state index contributed by atoms with van der Waals surface area (Å²) >= 11 is 1.30. The Labute approximate surface area is 144 Å². The van der Waals surface area contributed by atoms with Crippen molar-refractivity contribution in [1.29, 1.82) is 0 Å². The number of hydrogen-bond donors (Lipinski definition) is 2. The first-order chi connectivity index (χ1) is 11.6. The first kappa shape index (κ1) is 16.1. The van der Waals surface area contributed by atoms with E-state index in [1.165, 1.54) is 11.8 Å². The molecule has 2 N–H and O–H groups in total. The fourth-order valence-electron chi connectivity index (χ4n) is 2.19. The number of nitrogens with zero attached hydrogens (tertiary/aromatic N) is 1. The smallest absolute Gasteiger partial charge is 0.264 e. The molecule has 1 fully saturated rings. The zero-order chi connectivity index (χ0) is 16.9. The number of aromatic hydroxyl groups is 1. The van der Waals surface area contributed by atoms with E-state index in [0.717, 1.165) is 11.1 Å². The molecular formula is C19H16N2O2S. The number of hydrogen-bond acceptors (Lipinski definition) is 4. The van der Waals surface area contributed by atoms with Gasteiger partial charge in [-0.15, -0.1) is 0 Å². The molecule has 120 valence electrons. The first-order valence-corrected chi connectivity index (χ1v) is 8.24. The van der Waals surface area contributed by atoms with Gasteiger partial charge >= 0.3 is 0 Å². The van der Waals surface area contributed by atoms with Crippen molar-refractivity contribution in [3.63, 3.8) is 0 Å². The highest BCUT2D eigenvalue weighted by Gasteiger charge is 2.23. The molecule has 0 aliphatic carbocycles. The van der Waals surface area contributed by atoms with Crippen molar-refractivity contribution in [1.82, 2.24) is 5.32 Å². The molecule has 4 nitrogen and oxygen atoms in total. The highest BCUT2D eigenvalue weighted by Crippen LogP contribution is 2.28. The van der Waals surface area contributed by atoms with Crippen molar-refractivity contribution in [3.8, 4) is 5.75 Å². The van der Waals surface area contributed by atoms with Gasteiger partial charge in [-0.2, -0.15) is 0 Å². The second-order valence-corrected chi connectivity index (χ2v) is 6.33. The average Bonchev–Trinajstić information content (AvgIpc) is 2.90. The molecule has 0 bridgehead atoms. The van der Waals surface area contributed by atoms with Gasteiger partial charge < -0.3 is 10.4 Å². The maximum absolute atomic E-state index is 12.1. The van der Waals surface area contributed by atoms with Gasteiger partial charge in [0.1, 0.15) is 5.75 Å². The highest BCUT2D eigenvalue weighted by atomic mass is 32.2. The first-order valence-electron chi connectivity index (χ1n) is 7.42. The fourth-order valence-corrected chi connectivity index (χ4v) is 3.08. The topological polar surface area (TPSA) is 61.7 Å². The van der Waals surface area contributed by atoms with Crippen molar-refractivity contribution in [3.05, 3.63) is 76.7 Å². The Morgan fingerprint density at radius 1 is 1.12 bits per heavy atom. The third-order valence-corrected chi connectivity index (χ3v) is 4.19. The van der Waals surface area contributed by atoms with Crippen LogP contribution in [0.15, 0.2) is 76.1 Å². The Kier molecular flexibility index (Phi) is 4.82. The van der Waals surface area contributed by atoms with E-state index < -0.39 is 0 Å². The number of amides is 1. The number of thioether (sulfide) groups is 1. The van der Waals surface area contributed by atoms with Crippen LogP contribution in [-0.2, 0) is 4.79 Å². The predicted molar refractivity (Wildman–Crippen MR) is 99.1 cm³/mol. The lowest BCUT2D eigenvalue weighted by atomic mass is 10.1. The van der Waals surface area contributed by atoms with Gasteiger partial charge in [0.05, 0.1) is 10.6 Å². The van der Waals surface area contributed by atoms with E-state index in [9.17, 15) is 9.90 Å². The zero-order valence-electron chi connectivity index (χ0n) is 13.1. The molecule has 0 radical (unpaired) electrons. The SMILES string of the molecule is CC(=C\c1ccccc1)/C=C1/SC(=Nc2ccc(O)cc2)NC1=O. The Balaban J connectivity index is 1.77. The van der Waals surface area contributed by atoms with Crippen LogP contribution in [0.25, 0.3) is 6.08 Å². The molecule has 0 aromatic heterocycles. The summed E-state index contributed by atoms with van der Waals surface area (Å²) in [5, 5.41) is 12.6. The largest absolute Gasteiger partial charge is 0.508 e. The minimum atomic E-state index is -0.154. The van der Waals surface area contributed by atoms with Gasteiger partial charge in [-0.1, -0.05) is 36.4 Å². The highest BCUT2D eigenvalue weighted by molar-refractivity contribution is 8.18. The quantitative estimate of drug-likeness (QED) is 0.825. The van der Waals surface area contributed by atoms with Crippen molar-refractivity contribution in [2.75, 3.05) is 0 Å². The Bertz CT molecular complexity index is 837. The van der Waals surface area contributed by atoms with E-state index in [0.29, 0.717) is 15.8 Å². The Hall–Kier alpha value is -2.79. The number of allylic oxidation sites excluding steroid dienone is 2. The molecule has 1 saturated heterocycles. The molecule has 1 heterocycles. The summed E-state index contributed by atoms with van der Waals surface area (Å²) < 4.78 is 0. The van der Waals surface area contributed by atoms with Crippen molar-refractivity contribution < 1.29 is 9.90 Å². The number of rotatable bonds is 3. The number of phenols is 1. The lowest BCUT2D eigenvalue weighted by Gasteiger charge is -1.97. The van der Waals surface area contributed by atoms with Gasteiger partial charge in [0, 0.05) is 0 Å². The number of aliphatic imine (C=N–C) groups is 1. The number of carbonyl (C=O) groups excluding carboxylic acids is 1. The third-order valence-electron chi connectivity index (χ3n) is 3.28. The molecule has 0 unspecified atom stereocenters. The molecule has 3 rings (SSSR count). The van der Waals surface area contributed by atoms with E-state index >= 15 is 0 Å². The normalized spacial score (nSPS) is 18.2. The van der Waals surface area contributed by atoms with Gasteiger partial charge in [-0.05, 0) is 60.2 Å². The van der Waals surface area contributed by atoms with E-state index in [-0.39, 0.29) is 11.7 Å². The van der Waals surface area contributed by atoms with Crippen molar-refractivity contribution in [2.24, 2.45) is 4.99 Å². The molecule has 24 heavy (non-hydrogen) atoms. The number of phenolic OH excluding ortho intramolecular Hbond substituents is 1. The standard InChI is InChI=1S/C19H16N2O2S/c1-13(11-14-5-3-2-4-6-14)12-17-18(23)21-19(24-17)20-15-7-9-16(22)10-8-15/h2-12,22H,1H3,(H,20,21,23)/b13-11+,17-12+. The van der Waals surface area contributed by atoms with E-state index in [2.05, 4.69) is 10.3 Å². The van der Waals surface area contributed by atoms with Crippen LogP contribution in [-0.4, -0.2) is 16.2 Å². The molecule has 5 heteroatoms. The van der Waals surface area contributed by atoms with E-state index in [4.69, 9.17) is 0 Å². The lowest BCUT2D eigenvalue weighted by Crippen LogP contribution is -2.19. The van der Waals surface area contributed by atoms with Gasteiger partial charge in [0.2, 0.25) is 0 Å². The fraction of sp³-hybridized carbons (Fsp3) is 0.0526. The predicted octanol–water partition coefficient (Wildman–Crippen LogP) is 4.23. The van der Waals surface area contributed by atoms with Crippen LogP contribution in [0, 0.1) is 0 Å². The molecule has 0 saturated carbocycles. The molecule has 1 aliphatic heterocycles. The summed E-state index contributed by atoms with van der Waals surface area (Å²) in [7, 11) is 0. The van der Waals surface area contributed by atoms with Crippen LogP contribution in [0.3, 0.4) is 0 Å². The van der Waals surface area contributed by atoms with Gasteiger partial charge in [0.25, 0.3) is 5.91 Å². The molecule has 0 spiro atoms. The van der Waals surface area contributed by atoms with Crippen LogP contribution in [0.4, 0.5) is 5.69 Å². The van der Waals surface area contributed by atoms with Gasteiger partial charge in [-0.25, -0.2) is 4.99 Å².